The summed E-state index contributed by atoms with van der Waals surface area (Å²) in [6, 6.07) is 5.94. The molecule has 0 bridgehead atoms. The van der Waals surface area contributed by atoms with E-state index in [1.54, 1.807) is 18.2 Å². The Labute approximate surface area is 109 Å². The van der Waals surface area contributed by atoms with Gasteiger partial charge in [0.1, 0.15) is 0 Å². The van der Waals surface area contributed by atoms with Crippen LogP contribution < -0.4 is 11.1 Å². The smallest absolute Gasteiger partial charge is 0.238 e. The minimum absolute atomic E-state index is 0.00451. The van der Waals surface area contributed by atoms with Gasteiger partial charge >= 0.3 is 0 Å². The number of amides is 1. The van der Waals surface area contributed by atoms with Crippen LogP contribution in [-0.2, 0) is 4.79 Å². The Bertz CT molecular complexity index is 432. The lowest BCUT2D eigenvalue weighted by Gasteiger charge is -2.15. The first kappa shape index (κ1) is 12.4. The minimum atomic E-state index is 0.00451. The number of carbonyl (C=O) groups is 1. The van der Waals surface area contributed by atoms with E-state index in [1.165, 1.54) is 12.8 Å². The summed E-state index contributed by atoms with van der Waals surface area (Å²) in [6.07, 6.45) is 2.41. The first-order valence-electron chi connectivity index (χ1n) is 5.61. The number of anilines is 2. The summed E-state index contributed by atoms with van der Waals surface area (Å²) in [7, 11) is 1.98. The lowest BCUT2D eigenvalue weighted by Crippen LogP contribution is -2.31. The van der Waals surface area contributed by atoms with Crippen molar-refractivity contribution in [2.75, 3.05) is 24.6 Å². The van der Waals surface area contributed by atoms with Crippen LogP contribution in [0.3, 0.4) is 0 Å². The van der Waals surface area contributed by atoms with Crippen LogP contribution in [0, 0.1) is 0 Å². The second-order valence-corrected chi connectivity index (χ2v) is 5.29. The van der Waals surface area contributed by atoms with Gasteiger partial charge in [-0.1, -0.05) is 0 Å². The van der Waals surface area contributed by atoms with Gasteiger partial charge in [-0.15, -0.1) is 0 Å². The van der Waals surface area contributed by atoms with Crippen molar-refractivity contribution in [1.29, 1.82) is 0 Å². The van der Waals surface area contributed by atoms with E-state index in [9.17, 15) is 4.79 Å². The van der Waals surface area contributed by atoms with Crippen LogP contribution in [0.15, 0.2) is 22.7 Å². The zero-order chi connectivity index (χ0) is 12.4. The zero-order valence-electron chi connectivity index (χ0n) is 9.74. The molecule has 0 unspecified atom stereocenters. The monoisotopic (exact) mass is 297 g/mol. The second-order valence-electron chi connectivity index (χ2n) is 4.43. The molecule has 0 atom stereocenters. The average Bonchev–Trinajstić information content (AvgIpc) is 3.05. The maximum Gasteiger partial charge on any atom is 0.238 e. The third-order valence-corrected chi connectivity index (χ3v) is 3.49. The predicted molar refractivity (Wildman–Crippen MR) is 72.8 cm³/mol. The van der Waals surface area contributed by atoms with Gasteiger partial charge in [0.25, 0.3) is 0 Å². The van der Waals surface area contributed by atoms with Crippen LogP contribution >= 0.6 is 15.9 Å². The van der Waals surface area contributed by atoms with E-state index in [1.807, 2.05) is 7.05 Å². The summed E-state index contributed by atoms with van der Waals surface area (Å²) in [5.74, 6) is 0.00451. The van der Waals surface area contributed by atoms with Crippen LogP contribution in [-0.4, -0.2) is 30.4 Å². The molecule has 1 fully saturated rings. The Morgan fingerprint density at radius 1 is 1.59 bits per heavy atom. The zero-order valence-corrected chi connectivity index (χ0v) is 11.3. The molecule has 1 aromatic rings. The summed E-state index contributed by atoms with van der Waals surface area (Å²) >= 11 is 3.37. The van der Waals surface area contributed by atoms with E-state index in [-0.39, 0.29) is 5.91 Å². The quantitative estimate of drug-likeness (QED) is 0.837. The summed E-state index contributed by atoms with van der Waals surface area (Å²) in [5.41, 5.74) is 7.07. The molecule has 5 heteroatoms. The van der Waals surface area contributed by atoms with Gasteiger partial charge in [-0.25, -0.2) is 0 Å². The molecule has 0 saturated heterocycles. The van der Waals surface area contributed by atoms with Crippen molar-refractivity contribution in [1.82, 2.24) is 4.90 Å². The fraction of sp³-hybridized carbons (Fsp3) is 0.417. The summed E-state index contributed by atoms with van der Waals surface area (Å²) in [6.45, 7) is 0.432. The summed E-state index contributed by atoms with van der Waals surface area (Å²) in [4.78, 5) is 13.9. The maximum atomic E-state index is 11.8. The Balaban J connectivity index is 1.92. The highest BCUT2D eigenvalue weighted by Crippen LogP contribution is 2.26. The largest absolute Gasteiger partial charge is 0.399 e. The molecule has 1 saturated carbocycles. The highest BCUT2D eigenvalue weighted by molar-refractivity contribution is 9.10. The number of nitrogens with two attached hydrogens (primary N) is 1. The highest BCUT2D eigenvalue weighted by atomic mass is 79.9. The molecule has 17 heavy (non-hydrogen) atoms. The molecule has 0 aliphatic heterocycles. The third kappa shape index (κ3) is 3.44. The molecule has 0 heterocycles. The molecule has 92 valence electrons. The van der Waals surface area contributed by atoms with Gasteiger partial charge in [0.2, 0.25) is 5.91 Å². The Kier molecular flexibility index (Phi) is 3.69. The summed E-state index contributed by atoms with van der Waals surface area (Å²) < 4.78 is 0.805. The van der Waals surface area contributed by atoms with Crippen molar-refractivity contribution in [2.45, 2.75) is 18.9 Å². The van der Waals surface area contributed by atoms with Crippen molar-refractivity contribution in [3.8, 4) is 0 Å². The second kappa shape index (κ2) is 5.06. The Hall–Kier alpha value is -1.07. The number of nitrogens with one attached hydrogen (secondary N) is 1. The van der Waals surface area contributed by atoms with Gasteiger partial charge in [0, 0.05) is 16.2 Å². The van der Waals surface area contributed by atoms with Crippen molar-refractivity contribution >= 4 is 33.2 Å². The third-order valence-electron chi connectivity index (χ3n) is 2.83. The molecule has 0 aromatic heterocycles. The minimum Gasteiger partial charge on any atom is -0.399 e. The molecule has 1 aliphatic carbocycles. The standard InChI is InChI=1S/C12H16BrN3O/c1-16(9-3-4-9)7-12(17)15-11-5-2-8(14)6-10(11)13/h2,5-6,9H,3-4,7,14H2,1H3,(H,15,17). The van der Waals surface area contributed by atoms with Gasteiger partial charge in [0.05, 0.1) is 12.2 Å². The van der Waals surface area contributed by atoms with Crippen molar-refractivity contribution in [2.24, 2.45) is 0 Å². The maximum absolute atomic E-state index is 11.8. The highest BCUT2D eigenvalue weighted by Gasteiger charge is 2.27. The Morgan fingerprint density at radius 3 is 2.88 bits per heavy atom. The van der Waals surface area contributed by atoms with E-state index in [0.717, 1.165) is 10.2 Å². The fourth-order valence-electron chi connectivity index (χ4n) is 1.69. The van der Waals surface area contributed by atoms with Crippen LogP contribution in [0.25, 0.3) is 0 Å². The molecule has 2 rings (SSSR count). The fourth-order valence-corrected chi connectivity index (χ4v) is 2.19. The molecule has 1 aromatic carbocycles. The number of carbonyl (C=O) groups excluding carboxylic acids is 1. The number of hydrogen-bond donors (Lipinski definition) is 2. The first-order valence-corrected chi connectivity index (χ1v) is 6.40. The lowest BCUT2D eigenvalue weighted by atomic mass is 10.3. The van der Waals surface area contributed by atoms with E-state index in [0.29, 0.717) is 18.3 Å². The number of hydrogen-bond acceptors (Lipinski definition) is 3. The normalized spacial score (nSPS) is 15.0. The van der Waals surface area contributed by atoms with Crippen LogP contribution in [0.4, 0.5) is 11.4 Å². The van der Waals surface area contributed by atoms with Crippen molar-refractivity contribution in [3.63, 3.8) is 0 Å². The van der Waals surface area contributed by atoms with E-state index in [4.69, 9.17) is 5.73 Å². The topological polar surface area (TPSA) is 58.4 Å². The van der Waals surface area contributed by atoms with Crippen molar-refractivity contribution in [3.05, 3.63) is 22.7 Å². The van der Waals surface area contributed by atoms with Gasteiger partial charge in [0.15, 0.2) is 0 Å². The Morgan fingerprint density at radius 2 is 2.29 bits per heavy atom. The van der Waals surface area contributed by atoms with E-state index in [2.05, 4.69) is 26.1 Å². The molecular formula is C12H16BrN3O. The van der Waals surface area contributed by atoms with Gasteiger partial charge in [-0.2, -0.15) is 0 Å². The van der Waals surface area contributed by atoms with Gasteiger partial charge in [-0.05, 0) is 54.0 Å². The van der Waals surface area contributed by atoms with Gasteiger partial charge in [-0.3, -0.25) is 9.69 Å². The molecule has 3 N–H and O–H groups in total. The molecule has 1 amide bonds. The average molecular weight is 298 g/mol. The molecule has 1 aliphatic rings. The molecule has 4 nitrogen and oxygen atoms in total. The molecule has 0 radical (unpaired) electrons. The number of rotatable bonds is 4. The summed E-state index contributed by atoms with van der Waals surface area (Å²) in [5, 5.41) is 2.87. The number of nitrogen functional groups attached to an aromatic ring is 1. The predicted octanol–water partition coefficient (Wildman–Crippen LogP) is 2.06. The van der Waals surface area contributed by atoms with Crippen LogP contribution in [0.1, 0.15) is 12.8 Å². The SMILES string of the molecule is CN(CC(=O)Nc1ccc(N)cc1Br)C1CC1. The first-order chi connectivity index (χ1) is 8.06. The molecule has 0 spiro atoms. The lowest BCUT2D eigenvalue weighted by molar-refractivity contribution is -0.117. The van der Waals surface area contributed by atoms with Gasteiger partial charge < -0.3 is 11.1 Å². The number of likely N-dealkylation sites (N-methyl/N-ethyl adjacent to an activating group) is 1. The van der Waals surface area contributed by atoms with E-state index >= 15 is 0 Å². The number of benzene rings is 1. The molecular weight excluding hydrogens is 282 g/mol. The number of halogens is 1. The van der Waals surface area contributed by atoms with Crippen LogP contribution in [0.2, 0.25) is 0 Å². The van der Waals surface area contributed by atoms with Crippen LogP contribution in [0.5, 0.6) is 0 Å². The van der Waals surface area contributed by atoms with E-state index < -0.39 is 0 Å². The van der Waals surface area contributed by atoms with Crippen molar-refractivity contribution < 1.29 is 4.79 Å². The number of nitrogens with zero attached hydrogens (tertiary/aromatic N) is 1.